The quantitative estimate of drug-likeness (QED) is 0.822. The van der Waals surface area contributed by atoms with Gasteiger partial charge in [0.15, 0.2) is 0 Å². The molecule has 1 aliphatic rings. The summed E-state index contributed by atoms with van der Waals surface area (Å²) in [4.78, 5) is 0.254. The molecule has 1 atom stereocenters. The number of sulfonamides is 1. The predicted octanol–water partition coefficient (Wildman–Crippen LogP) is 3.78. The fraction of sp³-hybridized carbons (Fsp3) is 0.250. The summed E-state index contributed by atoms with van der Waals surface area (Å²) < 4.78 is 32.8. The maximum Gasteiger partial charge on any atom is 0.244 e. The van der Waals surface area contributed by atoms with Gasteiger partial charge in [0.1, 0.15) is 5.75 Å². The molecule has 0 aromatic heterocycles. The molecule has 122 valence electrons. The zero-order valence-electron chi connectivity index (χ0n) is 12.5. The Labute approximate surface area is 145 Å². The minimum Gasteiger partial charge on any atom is -0.496 e. The van der Waals surface area contributed by atoms with Crippen LogP contribution in [0.3, 0.4) is 0 Å². The molecule has 0 unspecified atom stereocenters. The van der Waals surface area contributed by atoms with Gasteiger partial charge in [0.25, 0.3) is 0 Å². The Bertz CT molecular complexity index is 793. The predicted molar refractivity (Wildman–Crippen MR) is 93.5 cm³/mol. The molecule has 1 heterocycles. The molecule has 0 saturated carbocycles. The van der Waals surface area contributed by atoms with E-state index in [0.717, 1.165) is 11.3 Å². The molecule has 3 rings (SSSR count). The Hall–Kier alpha value is -1.21. The van der Waals surface area contributed by atoms with Gasteiger partial charge in [-0.3, -0.25) is 0 Å². The van der Waals surface area contributed by atoms with Gasteiger partial charge in [0.05, 0.1) is 17.4 Å². The number of hydrogen-bond acceptors (Lipinski definition) is 4. The molecule has 0 amide bonds. The van der Waals surface area contributed by atoms with Crippen molar-refractivity contribution in [3.63, 3.8) is 0 Å². The van der Waals surface area contributed by atoms with Gasteiger partial charge in [0, 0.05) is 22.9 Å². The topological polar surface area (TPSA) is 46.6 Å². The van der Waals surface area contributed by atoms with Gasteiger partial charge >= 0.3 is 0 Å². The first-order valence-electron chi connectivity index (χ1n) is 7.06. The highest BCUT2D eigenvalue weighted by Gasteiger charge is 2.38. The lowest BCUT2D eigenvalue weighted by Gasteiger charge is -2.24. The SMILES string of the molecule is COc1ccccc1[C@@H]1SCCN1S(=O)(=O)c1ccc(Cl)cc1. The molecule has 0 N–H and O–H groups in total. The van der Waals surface area contributed by atoms with Gasteiger partial charge < -0.3 is 4.74 Å². The first kappa shape index (κ1) is 16.6. The maximum absolute atomic E-state index is 13.0. The van der Waals surface area contributed by atoms with Crippen LogP contribution in [0.2, 0.25) is 5.02 Å². The fourth-order valence-electron chi connectivity index (χ4n) is 2.56. The van der Waals surface area contributed by atoms with Gasteiger partial charge in [-0.2, -0.15) is 4.31 Å². The highest BCUT2D eigenvalue weighted by Crippen LogP contribution is 2.44. The molecular formula is C16H16ClNO3S2. The number of rotatable bonds is 4. The normalized spacial score (nSPS) is 19.0. The second-order valence-corrected chi connectivity index (χ2v) is 8.55. The van der Waals surface area contributed by atoms with E-state index in [9.17, 15) is 8.42 Å². The van der Waals surface area contributed by atoms with Crippen molar-refractivity contribution in [1.82, 2.24) is 4.31 Å². The van der Waals surface area contributed by atoms with Crippen LogP contribution in [0, 0.1) is 0 Å². The van der Waals surface area contributed by atoms with E-state index in [1.807, 2.05) is 24.3 Å². The highest BCUT2D eigenvalue weighted by molar-refractivity contribution is 8.01. The Balaban J connectivity index is 1.99. The average molecular weight is 370 g/mol. The number of ether oxygens (including phenoxy) is 1. The van der Waals surface area contributed by atoms with E-state index in [0.29, 0.717) is 17.3 Å². The first-order valence-corrected chi connectivity index (χ1v) is 9.92. The molecule has 1 fully saturated rings. The number of para-hydroxylation sites is 1. The fourth-order valence-corrected chi connectivity index (χ4v) is 5.94. The Morgan fingerprint density at radius 2 is 1.87 bits per heavy atom. The summed E-state index contributed by atoms with van der Waals surface area (Å²) in [6.45, 7) is 0.471. The van der Waals surface area contributed by atoms with Crippen molar-refractivity contribution in [1.29, 1.82) is 0 Å². The smallest absolute Gasteiger partial charge is 0.244 e. The Kier molecular flexibility index (Phi) is 4.87. The van der Waals surface area contributed by atoms with E-state index < -0.39 is 10.0 Å². The molecule has 0 radical (unpaired) electrons. The number of methoxy groups -OCH3 is 1. The van der Waals surface area contributed by atoms with Gasteiger partial charge in [0.2, 0.25) is 10.0 Å². The van der Waals surface area contributed by atoms with E-state index in [-0.39, 0.29) is 10.3 Å². The number of hydrogen-bond donors (Lipinski definition) is 0. The van der Waals surface area contributed by atoms with E-state index >= 15 is 0 Å². The lowest BCUT2D eigenvalue weighted by molar-refractivity contribution is 0.390. The molecule has 4 nitrogen and oxygen atoms in total. The van der Waals surface area contributed by atoms with Crippen molar-refractivity contribution in [3.8, 4) is 5.75 Å². The summed E-state index contributed by atoms with van der Waals surface area (Å²) in [5.74, 6) is 1.44. The van der Waals surface area contributed by atoms with Crippen molar-refractivity contribution in [3.05, 3.63) is 59.1 Å². The van der Waals surface area contributed by atoms with Crippen LogP contribution < -0.4 is 4.74 Å². The van der Waals surface area contributed by atoms with Crippen LogP contribution in [-0.4, -0.2) is 32.1 Å². The summed E-state index contributed by atoms with van der Waals surface area (Å²) >= 11 is 7.45. The van der Waals surface area contributed by atoms with Crippen LogP contribution in [-0.2, 0) is 10.0 Å². The van der Waals surface area contributed by atoms with E-state index in [1.54, 1.807) is 43.1 Å². The van der Waals surface area contributed by atoms with Crippen molar-refractivity contribution in [2.24, 2.45) is 0 Å². The van der Waals surface area contributed by atoms with Crippen LogP contribution in [0.5, 0.6) is 5.75 Å². The molecular weight excluding hydrogens is 354 g/mol. The number of nitrogens with zero attached hydrogens (tertiary/aromatic N) is 1. The van der Waals surface area contributed by atoms with Crippen molar-refractivity contribution < 1.29 is 13.2 Å². The lowest BCUT2D eigenvalue weighted by atomic mass is 10.2. The summed E-state index contributed by atoms with van der Waals surface area (Å²) in [6.07, 6.45) is 0. The number of thioether (sulfide) groups is 1. The first-order chi connectivity index (χ1) is 11.0. The van der Waals surface area contributed by atoms with Crippen molar-refractivity contribution >= 4 is 33.4 Å². The third kappa shape index (κ3) is 3.21. The van der Waals surface area contributed by atoms with Gasteiger partial charge in [-0.05, 0) is 30.3 Å². The van der Waals surface area contributed by atoms with Crippen LogP contribution in [0.15, 0.2) is 53.4 Å². The van der Waals surface area contributed by atoms with Crippen molar-refractivity contribution in [2.45, 2.75) is 10.3 Å². The van der Waals surface area contributed by atoms with E-state index in [4.69, 9.17) is 16.3 Å². The second kappa shape index (κ2) is 6.73. The van der Waals surface area contributed by atoms with Crippen LogP contribution in [0.25, 0.3) is 0 Å². The third-order valence-corrected chi connectivity index (χ3v) is 7.18. The van der Waals surface area contributed by atoms with E-state index in [2.05, 4.69) is 0 Å². The molecule has 7 heteroatoms. The molecule has 0 aliphatic carbocycles. The highest BCUT2D eigenvalue weighted by atomic mass is 35.5. The second-order valence-electron chi connectivity index (χ2n) is 5.03. The summed E-state index contributed by atoms with van der Waals surface area (Å²) in [7, 11) is -1.99. The molecule has 23 heavy (non-hydrogen) atoms. The molecule has 0 bridgehead atoms. The summed E-state index contributed by atoms with van der Waals surface area (Å²) in [5, 5.41) is 0.229. The zero-order valence-corrected chi connectivity index (χ0v) is 14.9. The van der Waals surface area contributed by atoms with Crippen LogP contribution in [0.4, 0.5) is 0 Å². The van der Waals surface area contributed by atoms with Gasteiger partial charge in [-0.15, -0.1) is 11.8 Å². The zero-order chi connectivity index (χ0) is 16.4. The Morgan fingerprint density at radius 3 is 2.57 bits per heavy atom. The largest absolute Gasteiger partial charge is 0.496 e. The minimum absolute atomic E-state index is 0.254. The summed E-state index contributed by atoms with van der Waals surface area (Å²) in [6, 6.07) is 13.8. The third-order valence-electron chi connectivity index (χ3n) is 3.67. The van der Waals surface area contributed by atoms with Crippen LogP contribution >= 0.6 is 23.4 Å². The minimum atomic E-state index is -3.58. The molecule has 1 aliphatic heterocycles. The lowest BCUT2D eigenvalue weighted by Crippen LogP contribution is -2.30. The summed E-state index contributed by atoms with van der Waals surface area (Å²) in [5.41, 5.74) is 0.870. The van der Waals surface area contributed by atoms with Gasteiger partial charge in [-0.1, -0.05) is 29.8 Å². The molecule has 2 aromatic rings. The maximum atomic E-state index is 13.0. The average Bonchev–Trinajstić information content (AvgIpc) is 3.05. The molecule has 0 spiro atoms. The molecule has 1 saturated heterocycles. The van der Waals surface area contributed by atoms with Crippen molar-refractivity contribution in [2.75, 3.05) is 19.4 Å². The number of halogens is 1. The molecule has 2 aromatic carbocycles. The monoisotopic (exact) mass is 369 g/mol. The number of benzene rings is 2. The van der Waals surface area contributed by atoms with E-state index in [1.165, 1.54) is 4.31 Å². The van der Waals surface area contributed by atoms with Gasteiger partial charge in [-0.25, -0.2) is 8.42 Å². The van der Waals surface area contributed by atoms with Crippen LogP contribution in [0.1, 0.15) is 10.9 Å². The standard InChI is InChI=1S/C16H16ClNO3S2/c1-21-15-5-3-2-4-14(15)16-18(10-11-22-16)23(19,20)13-8-6-12(17)7-9-13/h2-9,16H,10-11H2,1H3/t16-/m0/s1. The Morgan fingerprint density at radius 1 is 1.17 bits per heavy atom.